The third-order valence-corrected chi connectivity index (χ3v) is 4.23. The Bertz CT molecular complexity index is 644. The van der Waals surface area contributed by atoms with Crippen LogP contribution < -0.4 is 0 Å². The highest BCUT2D eigenvalue weighted by molar-refractivity contribution is 6.20. The number of aromatic nitrogens is 2. The summed E-state index contributed by atoms with van der Waals surface area (Å²) < 4.78 is 29.3. The first kappa shape index (κ1) is 12.9. The fourth-order valence-corrected chi connectivity index (χ4v) is 3.01. The SMILES string of the molecule is CC(Cl)c1nc2c(F)cc(F)cc2n1C1(C)CCC1. The first-order chi connectivity index (χ1) is 8.92. The van der Waals surface area contributed by atoms with Crippen LogP contribution in [0.15, 0.2) is 12.1 Å². The van der Waals surface area contributed by atoms with E-state index in [1.54, 1.807) is 6.92 Å². The second kappa shape index (κ2) is 4.17. The first-order valence-corrected chi connectivity index (χ1v) is 6.88. The lowest BCUT2D eigenvalue weighted by atomic mass is 9.78. The minimum atomic E-state index is -0.629. The number of rotatable bonds is 2. The molecule has 0 spiro atoms. The normalized spacial score (nSPS) is 19.4. The summed E-state index contributed by atoms with van der Waals surface area (Å²) in [4.78, 5) is 4.29. The van der Waals surface area contributed by atoms with Crippen molar-refractivity contribution in [3.05, 3.63) is 29.6 Å². The quantitative estimate of drug-likeness (QED) is 0.742. The molecule has 0 N–H and O–H groups in total. The van der Waals surface area contributed by atoms with Crippen LogP contribution in [0.1, 0.15) is 44.3 Å². The van der Waals surface area contributed by atoms with Crippen LogP contribution >= 0.6 is 11.6 Å². The molecular weight excluding hydrogens is 270 g/mol. The molecule has 1 aromatic carbocycles. The van der Waals surface area contributed by atoms with Gasteiger partial charge in [-0.05, 0) is 39.2 Å². The van der Waals surface area contributed by atoms with Crippen molar-refractivity contribution < 1.29 is 8.78 Å². The van der Waals surface area contributed by atoms with Crippen LogP contribution in [0.2, 0.25) is 0 Å². The zero-order chi connectivity index (χ0) is 13.8. The van der Waals surface area contributed by atoms with Crippen LogP contribution in [0, 0.1) is 11.6 Å². The number of hydrogen-bond donors (Lipinski definition) is 0. The van der Waals surface area contributed by atoms with Gasteiger partial charge in [0.1, 0.15) is 17.2 Å². The molecule has 1 atom stereocenters. The summed E-state index contributed by atoms with van der Waals surface area (Å²) >= 11 is 6.16. The Balaban J connectivity index is 2.35. The number of halogens is 3. The number of benzene rings is 1. The summed E-state index contributed by atoms with van der Waals surface area (Å²) in [5.74, 6) is -0.596. The third-order valence-electron chi connectivity index (χ3n) is 4.03. The standard InChI is InChI=1S/C14H15ClF2N2/c1-8(15)13-18-12-10(17)6-9(16)7-11(12)19(13)14(2)4-3-5-14/h6-8H,3-5H2,1-2H3. The van der Waals surface area contributed by atoms with Gasteiger partial charge in [0.2, 0.25) is 0 Å². The maximum absolute atomic E-state index is 13.9. The van der Waals surface area contributed by atoms with Crippen molar-refractivity contribution in [2.45, 2.75) is 44.0 Å². The average Bonchev–Trinajstić information content (AvgIpc) is 2.66. The van der Waals surface area contributed by atoms with Crippen LogP contribution in [-0.2, 0) is 5.54 Å². The number of hydrogen-bond acceptors (Lipinski definition) is 1. The summed E-state index contributed by atoms with van der Waals surface area (Å²) in [5, 5.41) is -0.340. The van der Waals surface area contributed by atoms with Gasteiger partial charge in [0.05, 0.1) is 10.9 Å². The molecular formula is C14H15ClF2N2. The number of imidazole rings is 1. The second-order valence-electron chi connectivity index (χ2n) is 5.53. The molecule has 2 nitrogen and oxygen atoms in total. The Morgan fingerprint density at radius 2 is 2.05 bits per heavy atom. The molecule has 1 saturated carbocycles. The molecule has 1 unspecified atom stereocenters. The summed E-state index contributed by atoms with van der Waals surface area (Å²) in [5.41, 5.74) is 0.576. The minimum absolute atomic E-state index is 0.131. The number of nitrogens with zero attached hydrogens (tertiary/aromatic N) is 2. The van der Waals surface area contributed by atoms with Gasteiger partial charge in [0.15, 0.2) is 5.82 Å². The van der Waals surface area contributed by atoms with Crippen molar-refractivity contribution in [2.75, 3.05) is 0 Å². The zero-order valence-corrected chi connectivity index (χ0v) is 11.6. The Hall–Kier alpha value is -1.16. The van der Waals surface area contributed by atoms with Crippen LogP contribution in [-0.4, -0.2) is 9.55 Å². The van der Waals surface area contributed by atoms with Gasteiger partial charge in [-0.15, -0.1) is 11.6 Å². The summed E-state index contributed by atoms with van der Waals surface area (Å²) in [6, 6.07) is 2.21. The zero-order valence-electron chi connectivity index (χ0n) is 10.9. The first-order valence-electron chi connectivity index (χ1n) is 6.44. The molecule has 0 radical (unpaired) electrons. The van der Waals surface area contributed by atoms with Gasteiger partial charge in [-0.25, -0.2) is 13.8 Å². The van der Waals surface area contributed by atoms with E-state index in [-0.39, 0.29) is 16.4 Å². The highest BCUT2D eigenvalue weighted by Gasteiger charge is 2.37. The van der Waals surface area contributed by atoms with Crippen molar-refractivity contribution in [1.82, 2.24) is 9.55 Å². The van der Waals surface area contributed by atoms with E-state index in [4.69, 9.17) is 11.6 Å². The van der Waals surface area contributed by atoms with Crippen molar-refractivity contribution in [3.63, 3.8) is 0 Å². The maximum Gasteiger partial charge on any atom is 0.153 e. The Labute approximate surface area is 115 Å². The monoisotopic (exact) mass is 284 g/mol. The van der Waals surface area contributed by atoms with E-state index in [0.29, 0.717) is 11.3 Å². The number of fused-ring (bicyclic) bond motifs is 1. The highest BCUT2D eigenvalue weighted by Crippen LogP contribution is 2.43. The van der Waals surface area contributed by atoms with E-state index >= 15 is 0 Å². The fraction of sp³-hybridized carbons (Fsp3) is 0.500. The van der Waals surface area contributed by atoms with E-state index < -0.39 is 11.6 Å². The minimum Gasteiger partial charge on any atom is -0.321 e. The Morgan fingerprint density at radius 3 is 2.58 bits per heavy atom. The smallest absolute Gasteiger partial charge is 0.153 e. The molecule has 0 aliphatic heterocycles. The lowest BCUT2D eigenvalue weighted by molar-refractivity contribution is 0.169. The van der Waals surface area contributed by atoms with Gasteiger partial charge in [-0.2, -0.15) is 0 Å². The van der Waals surface area contributed by atoms with Gasteiger partial charge in [0.25, 0.3) is 0 Å². The lowest BCUT2D eigenvalue weighted by Crippen LogP contribution is -2.38. The fourth-order valence-electron chi connectivity index (χ4n) is 2.87. The van der Waals surface area contributed by atoms with Crippen molar-refractivity contribution in [2.24, 2.45) is 0 Å². The molecule has 19 heavy (non-hydrogen) atoms. The van der Waals surface area contributed by atoms with E-state index in [9.17, 15) is 8.78 Å². The second-order valence-corrected chi connectivity index (χ2v) is 6.18. The van der Waals surface area contributed by atoms with E-state index in [2.05, 4.69) is 11.9 Å². The summed E-state index contributed by atoms with van der Waals surface area (Å²) in [6.45, 7) is 3.89. The molecule has 1 aliphatic rings. The van der Waals surface area contributed by atoms with Crippen molar-refractivity contribution in [1.29, 1.82) is 0 Å². The molecule has 3 rings (SSSR count). The van der Waals surface area contributed by atoms with Gasteiger partial charge in [-0.3, -0.25) is 0 Å². The van der Waals surface area contributed by atoms with Gasteiger partial charge in [0, 0.05) is 11.6 Å². The largest absolute Gasteiger partial charge is 0.321 e. The summed E-state index contributed by atoms with van der Waals surface area (Å²) in [7, 11) is 0. The highest BCUT2D eigenvalue weighted by atomic mass is 35.5. The van der Waals surface area contributed by atoms with Crippen LogP contribution in [0.5, 0.6) is 0 Å². The van der Waals surface area contributed by atoms with Crippen molar-refractivity contribution in [3.8, 4) is 0 Å². The molecule has 0 bridgehead atoms. The molecule has 1 aliphatic carbocycles. The molecule has 1 heterocycles. The van der Waals surface area contributed by atoms with Crippen LogP contribution in [0.3, 0.4) is 0 Å². The topological polar surface area (TPSA) is 17.8 Å². The predicted octanol–water partition coefficient (Wildman–Crippen LogP) is 4.51. The van der Waals surface area contributed by atoms with Gasteiger partial charge >= 0.3 is 0 Å². The van der Waals surface area contributed by atoms with Crippen LogP contribution in [0.25, 0.3) is 11.0 Å². The molecule has 1 fully saturated rings. The molecule has 0 saturated heterocycles. The van der Waals surface area contributed by atoms with E-state index in [0.717, 1.165) is 25.3 Å². The van der Waals surface area contributed by atoms with Gasteiger partial charge < -0.3 is 4.57 Å². The maximum atomic E-state index is 13.9. The van der Waals surface area contributed by atoms with E-state index in [1.807, 2.05) is 4.57 Å². The third kappa shape index (κ3) is 1.84. The molecule has 5 heteroatoms. The lowest BCUT2D eigenvalue weighted by Gasteiger charge is -2.41. The predicted molar refractivity (Wildman–Crippen MR) is 71.4 cm³/mol. The summed E-state index contributed by atoms with van der Waals surface area (Å²) in [6.07, 6.45) is 3.07. The van der Waals surface area contributed by atoms with Crippen LogP contribution in [0.4, 0.5) is 8.78 Å². The number of alkyl halides is 1. The van der Waals surface area contributed by atoms with E-state index in [1.165, 1.54) is 6.07 Å². The molecule has 1 aromatic heterocycles. The molecule has 2 aromatic rings. The van der Waals surface area contributed by atoms with Gasteiger partial charge in [-0.1, -0.05) is 0 Å². The average molecular weight is 285 g/mol. The molecule has 0 amide bonds. The van der Waals surface area contributed by atoms with Crippen molar-refractivity contribution >= 4 is 22.6 Å². The Morgan fingerprint density at radius 1 is 1.37 bits per heavy atom. The molecule has 102 valence electrons. The Kier molecular flexibility index (Phi) is 2.82.